The molecule has 1 rings (SSSR count). The Kier molecular flexibility index (Phi) is 3.28. The van der Waals surface area contributed by atoms with Gasteiger partial charge in [-0.3, -0.25) is 0 Å². The van der Waals surface area contributed by atoms with Crippen LogP contribution in [0.5, 0.6) is 0 Å². The third-order valence-electron chi connectivity index (χ3n) is 1.60. The van der Waals surface area contributed by atoms with Crippen LogP contribution in [0, 0.1) is 0 Å². The molecule has 1 aromatic rings. The molecule has 0 aromatic heterocycles. The molecule has 0 radical (unpaired) electrons. The predicted octanol–water partition coefficient (Wildman–Crippen LogP) is 0.544. The molecule has 0 bridgehead atoms. The second kappa shape index (κ2) is 4.47. The maximum Gasteiger partial charge on any atom is 0.328 e. The summed E-state index contributed by atoms with van der Waals surface area (Å²) in [6, 6.07) is 7.95. The third kappa shape index (κ3) is 2.76. The van der Waals surface area contributed by atoms with Crippen LogP contribution in [0.15, 0.2) is 30.3 Å². The summed E-state index contributed by atoms with van der Waals surface area (Å²) in [5.41, 5.74) is 0.684. The molecule has 0 aliphatic rings. The summed E-state index contributed by atoms with van der Waals surface area (Å²) < 4.78 is 0. The van der Waals surface area contributed by atoms with Gasteiger partial charge >= 0.3 is 5.97 Å². The highest BCUT2D eigenvalue weighted by Crippen LogP contribution is 2.06. The molecule has 70 valence electrons. The van der Waals surface area contributed by atoms with E-state index in [-0.39, 0.29) is 0 Å². The summed E-state index contributed by atoms with van der Waals surface area (Å²) >= 11 is 0. The van der Waals surface area contributed by atoms with Gasteiger partial charge in [-0.15, -0.1) is 0 Å². The van der Waals surface area contributed by atoms with Crippen molar-refractivity contribution in [1.29, 1.82) is 0 Å². The molecule has 0 saturated carbocycles. The van der Waals surface area contributed by atoms with Crippen molar-refractivity contribution >= 4 is 11.7 Å². The van der Waals surface area contributed by atoms with E-state index in [9.17, 15) is 4.79 Å². The van der Waals surface area contributed by atoms with Gasteiger partial charge in [-0.2, -0.15) is 0 Å². The molecule has 0 aliphatic carbocycles. The Morgan fingerprint density at radius 3 is 2.46 bits per heavy atom. The molecule has 1 unspecified atom stereocenters. The first-order valence-electron chi connectivity index (χ1n) is 3.89. The van der Waals surface area contributed by atoms with Gasteiger partial charge in [0.15, 0.2) is 0 Å². The lowest BCUT2D eigenvalue weighted by atomic mass is 10.2. The first-order valence-corrected chi connectivity index (χ1v) is 3.89. The SMILES string of the molecule is O=C(O)C(CO)Nc1ccccc1. The summed E-state index contributed by atoms with van der Waals surface area (Å²) in [5.74, 6) is -1.06. The fourth-order valence-electron chi connectivity index (χ4n) is 0.921. The van der Waals surface area contributed by atoms with E-state index in [1.54, 1.807) is 24.3 Å². The average molecular weight is 181 g/mol. The molecule has 13 heavy (non-hydrogen) atoms. The van der Waals surface area contributed by atoms with Gasteiger partial charge in [-0.05, 0) is 12.1 Å². The number of hydrogen-bond donors (Lipinski definition) is 3. The van der Waals surface area contributed by atoms with Crippen LogP contribution in [0.4, 0.5) is 5.69 Å². The van der Waals surface area contributed by atoms with Crippen LogP contribution in [-0.4, -0.2) is 28.8 Å². The monoisotopic (exact) mass is 181 g/mol. The van der Waals surface area contributed by atoms with Gasteiger partial charge in [-0.1, -0.05) is 18.2 Å². The van der Waals surface area contributed by atoms with E-state index in [4.69, 9.17) is 10.2 Å². The molecule has 0 saturated heterocycles. The van der Waals surface area contributed by atoms with E-state index in [2.05, 4.69) is 5.32 Å². The van der Waals surface area contributed by atoms with Crippen LogP contribution >= 0.6 is 0 Å². The topological polar surface area (TPSA) is 69.6 Å². The molecule has 0 aliphatic heterocycles. The molecule has 1 atom stereocenters. The largest absolute Gasteiger partial charge is 0.480 e. The number of hydrogen-bond acceptors (Lipinski definition) is 3. The van der Waals surface area contributed by atoms with Crippen molar-refractivity contribution in [2.75, 3.05) is 11.9 Å². The van der Waals surface area contributed by atoms with E-state index >= 15 is 0 Å². The summed E-state index contributed by atoms with van der Waals surface area (Å²) in [5, 5.41) is 20.0. The van der Waals surface area contributed by atoms with Gasteiger partial charge in [0.25, 0.3) is 0 Å². The number of para-hydroxylation sites is 1. The van der Waals surface area contributed by atoms with Crippen LogP contribution in [-0.2, 0) is 4.79 Å². The molecule has 3 N–H and O–H groups in total. The van der Waals surface area contributed by atoms with Crippen LogP contribution in [0.25, 0.3) is 0 Å². The minimum Gasteiger partial charge on any atom is -0.480 e. The van der Waals surface area contributed by atoms with Gasteiger partial charge < -0.3 is 15.5 Å². The lowest BCUT2D eigenvalue weighted by molar-refractivity contribution is -0.138. The van der Waals surface area contributed by atoms with E-state index in [1.807, 2.05) is 6.07 Å². The number of rotatable bonds is 4. The Hall–Kier alpha value is -1.55. The highest BCUT2D eigenvalue weighted by atomic mass is 16.4. The molecule has 0 fully saturated rings. The molecule has 0 heterocycles. The maximum absolute atomic E-state index is 10.5. The standard InChI is InChI=1S/C9H11NO3/c11-6-8(9(12)13)10-7-4-2-1-3-5-7/h1-5,8,10-11H,6H2,(H,12,13). The molecule has 4 heteroatoms. The third-order valence-corrected chi connectivity index (χ3v) is 1.60. The van der Waals surface area contributed by atoms with E-state index < -0.39 is 18.6 Å². The number of benzene rings is 1. The lowest BCUT2D eigenvalue weighted by Crippen LogP contribution is -2.32. The summed E-state index contributed by atoms with van der Waals surface area (Å²) in [4.78, 5) is 10.5. The molecule has 0 amide bonds. The highest BCUT2D eigenvalue weighted by molar-refractivity contribution is 5.77. The average Bonchev–Trinajstić information content (AvgIpc) is 2.15. The number of aliphatic carboxylic acids is 1. The summed E-state index contributed by atoms with van der Waals surface area (Å²) in [6.07, 6.45) is 0. The highest BCUT2D eigenvalue weighted by Gasteiger charge is 2.14. The zero-order valence-corrected chi connectivity index (χ0v) is 6.97. The van der Waals surface area contributed by atoms with Crippen molar-refractivity contribution in [3.05, 3.63) is 30.3 Å². The van der Waals surface area contributed by atoms with Gasteiger partial charge in [0.1, 0.15) is 6.04 Å². The van der Waals surface area contributed by atoms with Crippen LogP contribution in [0.3, 0.4) is 0 Å². The molecular formula is C9H11NO3. The first-order chi connectivity index (χ1) is 6.24. The zero-order valence-electron chi connectivity index (χ0n) is 6.97. The minimum absolute atomic E-state index is 0.426. The Morgan fingerprint density at radius 2 is 2.00 bits per heavy atom. The number of anilines is 1. The molecule has 0 spiro atoms. The van der Waals surface area contributed by atoms with Gasteiger partial charge in [0.2, 0.25) is 0 Å². The summed E-state index contributed by atoms with van der Waals surface area (Å²) in [6.45, 7) is -0.426. The molecular weight excluding hydrogens is 170 g/mol. The predicted molar refractivity (Wildman–Crippen MR) is 48.6 cm³/mol. The Morgan fingerprint density at radius 1 is 1.38 bits per heavy atom. The van der Waals surface area contributed by atoms with Crippen molar-refractivity contribution in [2.24, 2.45) is 0 Å². The van der Waals surface area contributed by atoms with Crippen molar-refractivity contribution < 1.29 is 15.0 Å². The number of aliphatic hydroxyl groups excluding tert-OH is 1. The number of nitrogens with one attached hydrogen (secondary N) is 1. The Labute approximate surface area is 75.8 Å². The van der Waals surface area contributed by atoms with Crippen molar-refractivity contribution in [3.8, 4) is 0 Å². The Balaban J connectivity index is 2.62. The first kappa shape index (κ1) is 9.54. The molecule has 4 nitrogen and oxygen atoms in total. The van der Waals surface area contributed by atoms with Crippen LogP contribution in [0.2, 0.25) is 0 Å². The number of aliphatic hydroxyl groups is 1. The normalized spacial score (nSPS) is 12.1. The minimum atomic E-state index is -1.06. The number of carboxylic acids is 1. The molecule has 1 aromatic carbocycles. The second-order valence-electron chi connectivity index (χ2n) is 2.58. The number of carbonyl (C=O) groups is 1. The van der Waals surface area contributed by atoms with Gasteiger partial charge in [-0.25, -0.2) is 4.79 Å². The Bertz CT molecular complexity index is 273. The smallest absolute Gasteiger partial charge is 0.328 e. The van der Waals surface area contributed by atoms with E-state index in [0.29, 0.717) is 5.69 Å². The lowest BCUT2D eigenvalue weighted by Gasteiger charge is -2.12. The van der Waals surface area contributed by atoms with Crippen LogP contribution < -0.4 is 5.32 Å². The zero-order chi connectivity index (χ0) is 9.68. The maximum atomic E-state index is 10.5. The van der Waals surface area contributed by atoms with Gasteiger partial charge in [0, 0.05) is 5.69 Å². The fraction of sp³-hybridized carbons (Fsp3) is 0.222. The van der Waals surface area contributed by atoms with Crippen molar-refractivity contribution in [1.82, 2.24) is 0 Å². The van der Waals surface area contributed by atoms with E-state index in [0.717, 1.165) is 0 Å². The van der Waals surface area contributed by atoms with Crippen LogP contribution in [0.1, 0.15) is 0 Å². The fourth-order valence-corrected chi connectivity index (χ4v) is 0.921. The van der Waals surface area contributed by atoms with Crippen molar-refractivity contribution in [2.45, 2.75) is 6.04 Å². The quantitative estimate of drug-likeness (QED) is 0.634. The van der Waals surface area contributed by atoms with E-state index in [1.165, 1.54) is 0 Å². The van der Waals surface area contributed by atoms with Crippen molar-refractivity contribution in [3.63, 3.8) is 0 Å². The van der Waals surface area contributed by atoms with Gasteiger partial charge in [0.05, 0.1) is 6.61 Å². The summed E-state index contributed by atoms with van der Waals surface area (Å²) in [7, 11) is 0. The number of carboxylic acid groups (broad SMARTS) is 1. The second-order valence-corrected chi connectivity index (χ2v) is 2.58.